The first-order chi connectivity index (χ1) is 11.8. The van der Waals surface area contributed by atoms with Crippen LogP contribution in [-0.4, -0.2) is 35.1 Å². The number of nitrogens with zero attached hydrogens (tertiary/aromatic N) is 2. The summed E-state index contributed by atoms with van der Waals surface area (Å²) in [6.07, 6.45) is -3.13. The SMILES string of the molecule is O=C(Nc1ccc(C(F)(F)F)cc1)N1CC(Oc2ccc(Cl)cn2)C1. The summed E-state index contributed by atoms with van der Waals surface area (Å²) in [4.78, 5) is 17.5. The Morgan fingerprint density at radius 1 is 1.20 bits per heavy atom. The van der Waals surface area contributed by atoms with Crippen molar-refractivity contribution in [1.82, 2.24) is 9.88 Å². The molecule has 0 saturated carbocycles. The van der Waals surface area contributed by atoms with Gasteiger partial charge in [-0.1, -0.05) is 11.6 Å². The number of alkyl halides is 3. The number of pyridine rings is 1. The first kappa shape index (κ1) is 17.3. The zero-order valence-corrected chi connectivity index (χ0v) is 13.5. The second-order valence-corrected chi connectivity index (χ2v) is 5.90. The number of anilines is 1. The van der Waals surface area contributed by atoms with Crippen LogP contribution in [0.25, 0.3) is 0 Å². The van der Waals surface area contributed by atoms with Crippen molar-refractivity contribution in [1.29, 1.82) is 0 Å². The minimum Gasteiger partial charge on any atom is -0.471 e. The fraction of sp³-hybridized carbons (Fsp3) is 0.250. The van der Waals surface area contributed by atoms with Crippen molar-refractivity contribution >= 4 is 23.3 Å². The van der Waals surface area contributed by atoms with Crippen molar-refractivity contribution in [3.05, 3.63) is 53.2 Å². The fourth-order valence-corrected chi connectivity index (χ4v) is 2.34. The molecule has 1 fully saturated rings. The molecule has 0 aliphatic carbocycles. The van der Waals surface area contributed by atoms with Crippen LogP contribution in [0.5, 0.6) is 5.88 Å². The molecule has 1 aliphatic rings. The lowest BCUT2D eigenvalue weighted by Crippen LogP contribution is -2.57. The highest BCUT2D eigenvalue weighted by Gasteiger charge is 2.33. The number of hydrogen-bond donors (Lipinski definition) is 1. The molecule has 0 bridgehead atoms. The van der Waals surface area contributed by atoms with Crippen molar-refractivity contribution in [2.45, 2.75) is 12.3 Å². The van der Waals surface area contributed by atoms with Gasteiger partial charge in [0.2, 0.25) is 5.88 Å². The van der Waals surface area contributed by atoms with E-state index in [0.717, 1.165) is 12.1 Å². The molecule has 0 atom stereocenters. The first-order valence-electron chi connectivity index (χ1n) is 7.32. The lowest BCUT2D eigenvalue weighted by molar-refractivity contribution is -0.137. The first-order valence-corrected chi connectivity index (χ1v) is 7.70. The Kier molecular flexibility index (Phi) is 4.71. The van der Waals surface area contributed by atoms with E-state index in [4.69, 9.17) is 16.3 Å². The van der Waals surface area contributed by atoms with E-state index in [1.165, 1.54) is 23.2 Å². The van der Waals surface area contributed by atoms with Crippen LogP contribution in [0.3, 0.4) is 0 Å². The van der Waals surface area contributed by atoms with Crippen molar-refractivity contribution < 1.29 is 22.7 Å². The summed E-state index contributed by atoms with van der Waals surface area (Å²) in [5.74, 6) is 0.414. The van der Waals surface area contributed by atoms with Crippen molar-refractivity contribution in [2.75, 3.05) is 18.4 Å². The molecule has 0 radical (unpaired) electrons. The maximum Gasteiger partial charge on any atom is 0.416 e. The van der Waals surface area contributed by atoms with E-state index in [9.17, 15) is 18.0 Å². The molecule has 25 heavy (non-hydrogen) atoms. The van der Waals surface area contributed by atoms with Crippen LogP contribution in [0.1, 0.15) is 5.56 Å². The molecule has 0 spiro atoms. The third kappa shape index (κ3) is 4.33. The van der Waals surface area contributed by atoms with Crippen molar-refractivity contribution in [3.8, 4) is 5.88 Å². The third-order valence-electron chi connectivity index (χ3n) is 3.59. The van der Waals surface area contributed by atoms with Gasteiger partial charge in [0, 0.05) is 18.0 Å². The predicted octanol–water partition coefficient (Wildman–Crippen LogP) is 4.05. The van der Waals surface area contributed by atoms with Crippen LogP contribution < -0.4 is 10.1 Å². The number of hydrogen-bond acceptors (Lipinski definition) is 3. The minimum atomic E-state index is -4.40. The minimum absolute atomic E-state index is 0.188. The standard InChI is InChI=1S/C16H13ClF3N3O2/c17-11-3-6-14(21-7-11)25-13-8-23(9-13)15(24)22-12-4-1-10(2-5-12)16(18,19)20/h1-7,13H,8-9H2,(H,22,24). The molecular formula is C16H13ClF3N3O2. The smallest absolute Gasteiger partial charge is 0.416 e. The fourth-order valence-electron chi connectivity index (χ4n) is 2.23. The largest absolute Gasteiger partial charge is 0.471 e. The Balaban J connectivity index is 1.48. The summed E-state index contributed by atoms with van der Waals surface area (Å²) in [7, 11) is 0. The number of amides is 2. The molecule has 2 amide bonds. The molecule has 2 heterocycles. The molecule has 3 rings (SSSR count). The van der Waals surface area contributed by atoms with E-state index in [2.05, 4.69) is 10.3 Å². The summed E-state index contributed by atoms with van der Waals surface area (Å²) in [6.45, 7) is 0.716. The van der Waals surface area contributed by atoms with Gasteiger partial charge in [0.05, 0.1) is 23.7 Å². The third-order valence-corrected chi connectivity index (χ3v) is 3.81. The molecule has 1 aromatic heterocycles. The number of aromatic nitrogens is 1. The maximum absolute atomic E-state index is 12.5. The van der Waals surface area contributed by atoms with Crippen molar-refractivity contribution in [2.24, 2.45) is 0 Å². The van der Waals surface area contributed by atoms with E-state index < -0.39 is 17.8 Å². The van der Waals surface area contributed by atoms with Gasteiger partial charge >= 0.3 is 12.2 Å². The second-order valence-electron chi connectivity index (χ2n) is 5.46. The number of carbonyl (C=O) groups excluding carboxylic acids is 1. The molecule has 132 valence electrons. The molecule has 1 aliphatic heterocycles. The molecule has 1 aromatic carbocycles. The number of likely N-dealkylation sites (tertiary alicyclic amines) is 1. The average Bonchev–Trinajstić information content (AvgIpc) is 2.51. The van der Waals surface area contributed by atoms with Gasteiger partial charge in [0.25, 0.3) is 0 Å². The number of benzene rings is 1. The second kappa shape index (κ2) is 6.79. The Hall–Kier alpha value is -2.48. The van der Waals surface area contributed by atoms with E-state index in [1.54, 1.807) is 12.1 Å². The number of carbonyl (C=O) groups is 1. The van der Waals surface area contributed by atoms with E-state index in [-0.39, 0.29) is 6.10 Å². The van der Waals surface area contributed by atoms with Gasteiger partial charge in [-0.2, -0.15) is 13.2 Å². The van der Waals surface area contributed by atoms with Gasteiger partial charge < -0.3 is 15.0 Å². The summed E-state index contributed by atoms with van der Waals surface area (Å²) in [5, 5.41) is 3.04. The summed E-state index contributed by atoms with van der Waals surface area (Å²) < 4.78 is 43.1. The normalized spacial score (nSPS) is 14.8. The molecule has 2 aromatic rings. The van der Waals surface area contributed by atoms with Crippen LogP contribution in [0.2, 0.25) is 5.02 Å². The highest BCUT2D eigenvalue weighted by molar-refractivity contribution is 6.30. The highest BCUT2D eigenvalue weighted by Crippen LogP contribution is 2.30. The number of urea groups is 1. The van der Waals surface area contributed by atoms with Gasteiger partial charge in [0.1, 0.15) is 6.10 Å². The summed E-state index contributed by atoms with van der Waals surface area (Å²) >= 11 is 5.73. The van der Waals surface area contributed by atoms with Crippen LogP contribution >= 0.6 is 11.6 Å². The quantitative estimate of drug-likeness (QED) is 0.885. The lowest BCUT2D eigenvalue weighted by atomic mass is 10.2. The van der Waals surface area contributed by atoms with Crippen LogP contribution in [-0.2, 0) is 6.18 Å². The average molecular weight is 372 g/mol. The Morgan fingerprint density at radius 3 is 2.44 bits per heavy atom. The van der Waals surface area contributed by atoms with E-state index >= 15 is 0 Å². The molecule has 0 unspecified atom stereocenters. The van der Waals surface area contributed by atoms with E-state index in [0.29, 0.717) is 29.7 Å². The summed E-state index contributed by atoms with van der Waals surface area (Å²) in [5.41, 5.74) is -0.472. The van der Waals surface area contributed by atoms with Crippen LogP contribution in [0.15, 0.2) is 42.6 Å². The monoisotopic (exact) mass is 371 g/mol. The Labute approximate surface area is 146 Å². The van der Waals surface area contributed by atoms with Crippen LogP contribution in [0, 0.1) is 0 Å². The van der Waals surface area contributed by atoms with Gasteiger partial charge in [0.15, 0.2) is 0 Å². The molecule has 5 nitrogen and oxygen atoms in total. The van der Waals surface area contributed by atoms with Gasteiger partial charge in [-0.3, -0.25) is 0 Å². The molecule has 1 saturated heterocycles. The van der Waals surface area contributed by atoms with Crippen molar-refractivity contribution in [3.63, 3.8) is 0 Å². The number of rotatable bonds is 3. The Morgan fingerprint density at radius 2 is 1.88 bits per heavy atom. The topological polar surface area (TPSA) is 54.5 Å². The van der Waals surface area contributed by atoms with E-state index in [1.807, 2.05) is 0 Å². The number of nitrogens with one attached hydrogen (secondary N) is 1. The van der Waals surface area contributed by atoms with Gasteiger partial charge in [-0.25, -0.2) is 9.78 Å². The van der Waals surface area contributed by atoms with Gasteiger partial charge in [-0.05, 0) is 30.3 Å². The zero-order valence-electron chi connectivity index (χ0n) is 12.8. The number of ether oxygens (including phenoxy) is 1. The number of halogens is 4. The van der Waals surface area contributed by atoms with Crippen LogP contribution in [0.4, 0.5) is 23.7 Å². The molecule has 9 heteroatoms. The zero-order chi connectivity index (χ0) is 18.0. The highest BCUT2D eigenvalue weighted by atomic mass is 35.5. The predicted molar refractivity (Wildman–Crippen MR) is 85.7 cm³/mol. The molecule has 1 N–H and O–H groups in total. The lowest BCUT2D eigenvalue weighted by Gasteiger charge is -2.38. The Bertz CT molecular complexity index is 745. The van der Waals surface area contributed by atoms with Gasteiger partial charge in [-0.15, -0.1) is 0 Å². The maximum atomic E-state index is 12.5. The molecular weight excluding hydrogens is 359 g/mol. The summed E-state index contributed by atoms with van der Waals surface area (Å²) in [6, 6.07) is 7.15.